The maximum absolute atomic E-state index is 12.1. The molecule has 0 saturated heterocycles. The quantitative estimate of drug-likeness (QED) is 0.845. The van der Waals surface area contributed by atoms with Crippen LogP contribution in [-0.2, 0) is 16.0 Å². The normalized spacial score (nSPS) is 21.4. The molecule has 22 heavy (non-hydrogen) atoms. The number of nitrogens with zero attached hydrogens (tertiary/aromatic N) is 1. The van der Waals surface area contributed by atoms with Gasteiger partial charge in [-0.25, -0.2) is 4.79 Å². The van der Waals surface area contributed by atoms with Crippen LogP contribution in [0.1, 0.15) is 61.3 Å². The molecule has 0 unspecified atom stereocenters. The average Bonchev–Trinajstić information content (AvgIpc) is 2.88. The summed E-state index contributed by atoms with van der Waals surface area (Å²) >= 11 is 0. The number of esters is 1. The fraction of sp³-hybridized carbons (Fsp3) is 0.688. The molecule has 6 nitrogen and oxygen atoms in total. The minimum Gasteiger partial charge on any atom is -0.452 e. The Labute approximate surface area is 130 Å². The molecule has 2 atom stereocenters. The second kappa shape index (κ2) is 7.42. The van der Waals surface area contributed by atoms with Crippen LogP contribution in [0.4, 0.5) is 0 Å². The van der Waals surface area contributed by atoms with E-state index in [1.165, 1.54) is 6.42 Å². The van der Waals surface area contributed by atoms with Crippen LogP contribution < -0.4 is 5.32 Å². The van der Waals surface area contributed by atoms with Gasteiger partial charge in [-0.1, -0.05) is 31.8 Å². The molecule has 6 heteroatoms. The van der Waals surface area contributed by atoms with Crippen LogP contribution in [-0.4, -0.2) is 29.7 Å². The summed E-state index contributed by atoms with van der Waals surface area (Å²) < 4.78 is 10.1. The third-order valence-electron chi connectivity index (χ3n) is 4.26. The average molecular weight is 308 g/mol. The third-order valence-corrected chi connectivity index (χ3v) is 4.26. The van der Waals surface area contributed by atoms with E-state index in [0.717, 1.165) is 19.3 Å². The summed E-state index contributed by atoms with van der Waals surface area (Å²) in [5, 5.41) is 6.77. The van der Waals surface area contributed by atoms with Crippen LogP contribution in [0.25, 0.3) is 0 Å². The Bertz CT molecular complexity index is 538. The summed E-state index contributed by atoms with van der Waals surface area (Å²) in [7, 11) is 0. The Morgan fingerprint density at radius 1 is 1.36 bits per heavy atom. The summed E-state index contributed by atoms with van der Waals surface area (Å²) in [5.74, 6) is 0.0882. The maximum Gasteiger partial charge on any atom is 0.344 e. The highest BCUT2D eigenvalue weighted by Crippen LogP contribution is 2.23. The molecule has 122 valence electrons. The second-order valence-corrected chi connectivity index (χ2v) is 5.93. The van der Waals surface area contributed by atoms with Gasteiger partial charge in [0.05, 0.1) is 5.69 Å². The lowest BCUT2D eigenvalue weighted by molar-refractivity contribution is -0.125. The van der Waals surface area contributed by atoms with E-state index in [1.54, 1.807) is 6.92 Å². The zero-order valence-electron chi connectivity index (χ0n) is 13.5. The van der Waals surface area contributed by atoms with Crippen molar-refractivity contribution in [3.8, 4) is 0 Å². The lowest BCUT2D eigenvalue weighted by Crippen LogP contribution is -2.42. The van der Waals surface area contributed by atoms with E-state index in [2.05, 4.69) is 17.4 Å². The van der Waals surface area contributed by atoms with Gasteiger partial charge < -0.3 is 14.6 Å². The van der Waals surface area contributed by atoms with Crippen molar-refractivity contribution in [2.45, 2.75) is 58.9 Å². The minimum atomic E-state index is -0.553. The number of hydrogen-bond donors (Lipinski definition) is 1. The number of carbonyl (C=O) groups excluding carboxylic acids is 2. The third kappa shape index (κ3) is 3.87. The molecule has 1 heterocycles. The van der Waals surface area contributed by atoms with E-state index in [-0.39, 0.29) is 18.6 Å². The number of rotatable bonds is 5. The van der Waals surface area contributed by atoms with E-state index < -0.39 is 5.97 Å². The molecule has 1 aromatic heterocycles. The highest BCUT2D eigenvalue weighted by molar-refractivity contribution is 5.93. The first kappa shape index (κ1) is 16.5. The summed E-state index contributed by atoms with van der Waals surface area (Å²) in [6, 6.07) is 0.184. The molecule has 0 radical (unpaired) electrons. The lowest BCUT2D eigenvalue weighted by Gasteiger charge is -2.29. The Morgan fingerprint density at radius 2 is 2.09 bits per heavy atom. The van der Waals surface area contributed by atoms with Crippen LogP contribution >= 0.6 is 0 Å². The monoisotopic (exact) mass is 308 g/mol. The molecule has 0 bridgehead atoms. The number of aromatic nitrogens is 1. The number of nitrogens with one attached hydrogen (secondary N) is 1. The van der Waals surface area contributed by atoms with Crippen molar-refractivity contribution in [1.29, 1.82) is 0 Å². The first-order chi connectivity index (χ1) is 10.5. The van der Waals surface area contributed by atoms with E-state index in [1.807, 2.05) is 6.92 Å². The summed E-state index contributed by atoms with van der Waals surface area (Å²) in [5.41, 5.74) is 0.894. The molecule has 1 aromatic rings. The van der Waals surface area contributed by atoms with E-state index >= 15 is 0 Å². The molecule has 1 fully saturated rings. The van der Waals surface area contributed by atoms with Crippen molar-refractivity contribution < 1.29 is 18.8 Å². The Morgan fingerprint density at radius 3 is 2.77 bits per heavy atom. The van der Waals surface area contributed by atoms with Crippen LogP contribution in [0.5, 0.6) is 0 Å². The molecule has 0 spiro atoms. The predicted molar refractivity (Wildman–Crippen MR) is 80.5 cm³/mol. The van der Waals surface area contributed by atoms with Gasteiger partial charge in [-0.15, -0.1) is 0 Å². The molecule has 0 aliphatic heterocycles. The van der Waals surface area contributed by atoms with E-state index in [0.29, 0.717) is 29.4 Å². The summed E-state index contributed by atoms with van der Waals surface area (Å²) in [4.78, 5) is 24.0. The lowest BCUT2D eigenvalue weighted by atomic mass is 9.86. The zero-order chi connectivity index (χ0) is 16.1. The highest BCUT2D eigenvalue weighted by Gasteiger charge is 2.24. The molecule has 1 aliphatic carbocycles. The van der Waals surface area contributed by atoms with Crippen LogP contribution in [0.2, 0.25) is 0 Å². The number of aryl methyl sites for hydroxylation is 2. The maximum atomic E-state index is 12.1. The van der Waals surface area contributed by atoms with Gasteiger partial charge in [0.1, 0.15) is 11.3 Å². The zero-order valence-corrected chi connectivity index (χ0v) is 13.5. The predicted octanol–water partition coefficient (Wildman–Crippen LogP) is 2.40. The summed E-state index contributed by atoms with van der Waals surface area (Å²) in [6.45, 7) is 5.41. The topological polar surface area (TPSA) is 81.4 Å². The number of ether oxygens (including phenoxy) is 1. The largest absolute Gasteiger partial charge is 0.452 e. The molecule has 1 aliphatic rings. The standard InChI is InChI=1S/C16H24N2O4/c1-4-12-15(11(3)22-18-12)16(20)21-9-14(19)17-13-8-6-5-7-10(13)2/h10,13H,4-9H2,1-3H3,(H,17,19)/t10-,13-/m0/s1. The molecular formula is C16H24N2O4. The smallest absolute Gasteiger partial charge is 0.344 e. The van der Waals surface area contributed by atoms with Gasteiger partial charge in [0.2, 0.25) is 0 Å². The number of hydrogen-bond acceptors (Lipinski definition) is 5. The van der Waals surface area contributed by atoms with Gasteiger partial charge in [0.25, 0.3) is 5.91 Å². The highest BCUT2D eigenvalue weighted by atomic mass is 16.5. The van der Waals surface area contributed by atoms with Gasteiger partial charge in [0.15, 0.2) is 6.61 Å². The van der Waals surface area contributed by atoms with Gasteiger partial charge in [-0.2, -0.15) is 0 Å². The van der Waals surface area contributed by atoms with Crippen molar-refractivity contribution in [3.05, 3.63) is 17.0 Å². The fourth-order valence-corrected chi connectivity index (χ4v) is 2.90. The fourth-order valence-electron chi connectivity index (χ4n) is 2.90. The van der Waals surface area contributed by atoms with Crippen LogP contribution in [0, 0.1) is 12.8 Å². The molecule has 1 N–H and O–H groups in total. The molecule has 0 aromatic carbocycles. The van der Waals surface area contributed by atoms with Gasteiger partial charge in [-0.05, 0) is 32.1 Å². The second-order valence-electron chi connectivity index (χ2n) is 5.93. The molecule has 1 amide bonds. The van der Waals surface area contributed by atoms with Crippen molar-refractivity contribution in [3.63, 3.8) is 0 Å². The molecule has 2 rings (SSSR count). The van der Waals surface area contributed by atoms with Crippen molar-refractivity contribution in [2.24, 2.45) is 5.92 Å². The van der Waals surface area contributed by atoms with Gasteiger partial charge >= 0.3 is 5.97 Å². The van der Waals surface area contributed by atoms with Crippen LogP contribution in [0.15, 0.2) is 4.52 Å². The van der Waals surface area contributed by atoms with E-state index in [4.69, 9.17) is 9.26 Å². The number of carbonyl (C=O) groups is 2. The van der Waals surface area contributed by atoms with E-state index in [9.17, 15) is 9.59 Å². The Balaban J connectivity index is 1.85. The Kier molecular flexibility index (Phi) is 5.57. The van der Waals surface area contributed by atoms with Gasteiger partial charge in [-0.3, -0.25) is 4.79 Å². The first-order valence-corrected chi connectivity index (χ1v) is 7.94. The number of amides is 1. The van der Waals surface area contributed by atoms with Crippen molar-refractivity contribution >= 4 is 11.9 Å². The minimum absolute atomic E-state index is 0.184. The SMILES string of the molecule is CCc1noc(C)c1C(=O)OCC(=O)N[C@H]1CCCC[C@@H]1C. The van der Waals surface area contributed by atoms with Gasteiger partial charge in [0, 0.05) is 6.04 Å². The molecular weight excluding hydrogens is 284 g/mol. The van der Waals surface area contributed by atoms with Crippen molar-refractivity contribution in [1.82, 2.24) is 10.5 Å². The Hall–Kier alpha value is -1.85. The van der Waals surface area contributed by atoms with Crippen molar-refractivity contribution in [2.75, 3.05) is 6.61 Å². The first-order valence-electron chi connectivity index (χ1n) is 7.94. The molecule has 1 saturated carbocycles. The van der Waals surface area contributed by atoms with Crippen LogP contribution in [0.3, 0.4) is 0 Å². The summed E-state index contributed by atoms with van der Waals surface area (Å²) in [6.07, 6.45) is 5.05.